The van der Waals surface area contributed by atoms with Crippen LogP contribution in [-0.2, 0) is 14.3 Å². The third-order valence-corrected chi connectivity index (χ3v) is 2.86. The van der Waals surface area contributed by atoms with E-state index in [9.17, 15) is 9.59 Å². The van der Waals surface area contributed by atoms with E-state index in [-0.39, 0.29) is 18.4 Å². The highest BCUT2D eigenvalue weighted by molar-refractivity contribution is 9.10. The zero-order valence-electron chi connectivity index (χ0n) is 9.38. The number of methoxy groups -OCH3 is 1. The number of ether oxygens (including phenoxy) is 1. The topological polar surface area (TPSA) is 55.4 Å². The molecule has 2 unspecified atom stereocenters. The number of amides is 1. The molecule has 1 amide bonds. The quantitative estimate of drug-likeness (QED) is 0.592. The number of rotatable bonds is 6. The minimum absolute atomic E-state index is 0.0299. The number of esters is 1. The first kappa shape index (κ1) is 14.4. The standard InChI is InChI=1S/C10H18BrNO3/c1-4-7(2)5-9(13)12-6-8(11)10(14)15-3/h7-8H,4-6H2,1-3H3,(H,12,13). The first-order valence-electron chi connectivity index (χ1n) is 4.99. The van der Waals surface area contributed by atoms with Crippen molar-refractivity contribution in [2.75, 3.05) is 13.7 Å². The zero-order chi connectivity index (χ0) is 11.8. The Hall–Kier alpha value is -0.580. The second kappa shape index (κ2) is 7.68. The molecule has 0 aliphatic rings. The fraction of sp³-hybridized carbons (Fsp3) is 0.800. The van der Waals surface area contributed by atoms with Crippen LogP contribution in [0.1, 0.15) is 26.7 Å². The van der Waals surface area contributed by atoms with Gasteiger partial charge in [-0.25, -0.2) is 0 Å². The average Bonchev–Trinajstić information content (AvgIpc) is 2.24. The van der Waals surface area contributed by atoms with E-state index in [4.69, 9.17) is 0 Å². The highest BCUT2D eigenvalue weighted by Crippen LogP contribution is 2.06. The Balaban J connectivity index is 3.75. The van der Waals surface area contributed by atoms with Crippen LogP contribution >= 0.6 is 15.9 Å². The van der Waals surface area contributed by atoms with Crippen molar-refractivity contribution in [3.63, 3.8) is 0 Å². The second-order valence-corrected chi connectivity index (χ2v) is 4.62. The molecule has 0 bridgehead atoms. The van der Waals surface area contributed by atoms with Crippen LogP contribution < -0.4 is 5.32 Å². The van der Waals surface area contributed by atoms with Gasteiger partial charge in [0.1, 0.15) is 4.83 Å². The van der Waals surface area contributed by atoms with Gasteiger partial charge in [0.25, 0.3) is 0 Å². The number of hydrogen-bond donors (Lipinski definition) is 1. The maximum Gasteiger partial charge on any atom is 0.321 e. The summed E-state index contributed by atoms with van der Waals surface area (Å²) in [4.78, 5) is 21.9. The molecule has 0 radical (unpaired) electrons. The van der Waals surface area contributed by atoms with Crippen molar-refractivity contribution in [2.24, 2.45) is 5.92 Å². The summed E-state index contributed by atoms with van der Waals surface area (Å²) in [7, 11) is 1.32. The highest BCUT2D eigenvalue weighted by atomic mass is 79.9. The molecular weight excluding hydrogens is 262 g/mol. The largest absolute Gasteiger partial charge is 0.468 e. The zero-order valence-corrected chi connectivity index (χ0v) is 11.0. The van der Waals surface area contributed by atoms with Crippen molar-refractivity contribution in [3.8, 4) is 0 Å². The lowest BCUT2D eigenvalue weighted by Crippen LogP contribution is -2.34. The van der Waals surface area contributed by atoms with Crippen LogP contribution in [0.3, 0.4) is 0 Å². The predicted molar refractivity (Wildman–Crippen MR) is 61.8 cm³/mol. The third-order valence-electron chi connectivity index (χ3n) is 2.17. The van der Waals surface area contributed by atoms with Crippen molar-refractivity contribution in [3.05, 3.63) is 0 Å². The van der Waals surface area contributed by atoms with Gasteiger partial charge in [-0.2, -0.15) is 0 Å². The van der Waals surface area contributed by atoms with Crippen LogP contribution in [-0.4, -0.2) is 30.4 Å². The van der Waals surface area contributed by atoms with Gasteiger partial charge in [0.2, 0.25) is 5.91 Å². The molecule has 0 aliphatic carbocycles. The molecule has 0 saturated carbocycles. The van der Waals surface area contributed by atoms with Crippen LogP contribution in [0.25, 0.3) is 0 Å². The van der Waals surface area contributed by atoms with Gasteiger partial charge in [-0.05, 0) is 5.92 Å². The number of carbonyl (C=O) groups is 2. The summed E-state index contributed by atoms with van der Waals surface area (Å²) >= 11 is 3.13. The molecule has 15 heavy (non-hydrogen) atoms. The van der Waals surface area contributed by atoms with E-state index < -0.39 is 4.83 Å². The van der Waals surface area contributed by atoms with Crippen LogP contribution in [0.4, 0.5) is 0 Å². The summed E-state index contributed by atoms with van der Waals surface area (Å²) in [5, 5.41) is 2.68. The van der Waals surface area contributed by atoms with E-state index in [1.165, 1.54) is 7.11 Å². The lowest BCUT2D eigenvalue weighted by molar-refractivity contribution is -0.139. The molecular formula is C10H18BrNO3. The second-order valence-electron chi connectivity index (χ2n) is 3.51. The first-order valence-corrected chi connectivity index (χ1v) is 5.91. The fourth-order valence-electron chi connectivity index (χ4n) is 0.948. The van der Waals surface area contributed by atoms with E-state index in [0.29, 0.717) is 12.3 Å². The first-order chi connectivity index (χ1) is 7.01. The Morgan fingerprint density at radius 1 is 1.47 bits per heavy atom. The highest BCUT2D eigenvalue weighted by Gasteiger charge is 2.16. The molecule has 2 atom stereocenters. The van der Waals surface area contributed by atoms with Gasteiger partial charge in [0.15, 0.2) is 0 Å². The Morgan fingerprint density at radius 2 is 2.07 bits per heavy atom. The number of nitrogens with one attached hydrogen (secondary N) is 1. The van der Waals surface area contributed by atoms with Crippen molar-refractivity contribution in [1.29, 1.82) is 0 Å². The summed E-state index contributed by atoms with van der Waals surface area (Å²) in [5.41, 5.74) is 0. The lowest BCUT2D eigenvalue weighted by atomic mass is 10.1. The van der Waals surface area contributed by atoms with E-state index in [0.717, 1.165) is 6.42 Å². The number of carbonyl (C=O) groups excluding carboxylic acids is 2. The van der Waals surface area contributed by atoms with Gasteiger partial charge in [0, 0.05) is 13.0 Å². The monoisotopic (exact) mass is 279 g/mol. The number of hydrogen-bond acceptors (Lipinski definition) is 3. The summed E-state index contributed by atoms with van der Waals surface area (Å²) in [5.74, 6) is -0.0338. The molecule has 0 saturated heterocycles. The van der Waals surface area contributed by atoms with Gasteiger partial charge < -0.3 is 10.1 Å². The predicted octanol–water partition coefficient (Wildman–Crippen LogP) is 1.48. The molecule has 0 spiro atoms. The van der Waals surface area contributed by atoms with Gasteiger partial charge in [-0.15, -0.1) is 0 Å². The summed E-state index contributed by atoms with van der Waals surface area (Å²) in [6.07, 6.45) is 1.47. The molecule has 88 valence electrons. The van der Waals surface area contributed by atoms with Crippen molar-refractivity contribution in [2.45, 2.75) is 31.5 Å². The molecule has 0 aromatic heterocycles. The van der Waals surface area contributed by atoms with Crippen molar-refractivity contribution >= 4 is 27.8 Å². The third kappa shape index (κ3) is 6.49. The molecule has 4 nitrogen and oxygen atoms in total. The minimum Gasteiger partial charge on any atom is -0.468 e. The van der Waals surface area contributed by atoms with Crippen LogP contribution in [0.5, 0.6) is 0 Å². The van der Waals surface area contributed by atoms with Crippen LogP contribution in [0.2, 0.25) is 0 Å². The Labute approximate surface area is 98.9 Å². The van der Waals surface area contributed by atoms with Crippen LogP contribution in [0, 0.1) is 5.92 Å². The fourth-order valence-corrected chi connectivity index (χ4v) is 1.30. The number of halogens is 1. The average molecular weight is 280 g/mol. The SMILES string of the molecule is CCC(C)CC(=O)NCC(Br)C(=O)OC. The summed E-state index contributed by atoms with van der Waals surface area (Å²) in [6.45, 7) is 4.33. The van der Waals surface area contributed by atoms with Crippen molar-refractivity contribution in [1.82, 2.24) is 5.32 Å². The maximum absolute atomic E-state index is 11.3. The van der Waals surface area contributed by atoms with Gasteiger partial charge in [-0.3, -0.25) is 9.59 Å². The van der Waals surface area contributed by atoms with Gasteiger partial charge in [-0.1, -0.05) is 36.2 Å². The molecule has 1 N–H and O–H groups in total. The number of alkyl halides is 1. The van der Waals surface area contributed by atoms with Gasteiger partial charge >= 0.3 is 5.97 Å². The Kier molecular flexibility index (Phi) is 7.38. The van der Waals surface area contributed by atoms with Gasteiger partial charge in [0.05, 0.1) is 7.11 Å². The maximum atomic E-state index is 11.3. The summed E-state index contributed by atoms with van der Waals surface area (Å²) < 4.78 is 4.51. The Bertz CT molecular complexity index is 221. The smallest absolute Gasteiger partial charge is 0.321 e. The molecule has 0 heterocycles. The molecule has 0 aliphatic heterocycles. The molecule has 0 aromatic rings. The van der Waals surface area contributed by atoms with E-state index in [2.05, 4.69) is 26.0 Å². The van der Waals surface area contributed by atoms with E-state index >= 15 is 0 Å². The normalized spacial score (nSPS) is 14.1. The van der Waals surface area contributed by atoms with Crippen LogP contribution in [0.15, 0.2) is 0 Å². The molecule has 0 rings (SSSR count). The molecule has 0 fully saturated rings. The van der Waals surface area contributed by atoms with E-state index in [1.807, 2.05) is 13.8 Å². The molecule has 0 aromatic carbocycles. The molecule has 5 heteroatoms. The Morgan fingerprint density at radius 3 is 2.53 bits per heavy atom. The lowest BCUT2D eigenvalue weighted by Gasteiger charge is -2.11. The summed E-state index contributed by atoms with van der Waals surface area (Å²) in [6, 6.07) is 0. The van der Waals surface area contributed by atoms with Crippen molar-refractivity contribution < 1.29 is 14.3 Å². The minimum atomic E-state index is -0.469. The van der Waals surface area contributed by atoms with E-state index in [1.54, 1.807) is 0 Å².